The highest BCUT2D eigenvalue weighted by Gasteiger charge is 2.13. The van der Waals surface area contributed by atoms with Gasteiger partial charge in [0, 0.05) is 30.0 Å². The number of hydrogen-bond donors (Lipinski definition) is 1. The summed E-state index contributed by atoms with van der Waals surface area (Å²) in [5, 5.41) is 0. The number of morpholine rings is 1. The van der Waals surface area contributed by atoms with E-state index in [9.17, 15) is 4.79 Å². The van der Waals surface area contributed by atoms with Gasteiger partial charge in [0.25, 0.3) is 0 Å². The van der Waals surface area contributed by atoms with Gasteiger partial charge in [0.2, 0.25) is 0 Å². The maximum Gasteiger partial charge on any atom is 0.161 e. The minimum Gasteiger partial charge on any atom is -0.398 e. The summed E-state index contributed by atoms with van der Waals surface area (Å²) in [6.45, 7) is 4.76. The monoisotopic (exact) mass is 220 g/mol. The number of hydrogen-bond acceptors (Lipinski definition) is 4. The summed E-state index contributed by atoms with van der Waals surface area (Å²) in [7, 11) is 0. The number of ketones is 1. The second-order valence-corrected chi connectivity index (χ2v) is 3.93. The quantitative estimate of drug-likeness (QED) is 0.603. The SMILES string of the molecule is CC(=O)c1ccc(N2CCOCC2)cc1N. The zero-order chi connectivity index (χ0) is 11.5. The third-order valence-corrected chi connectivity index (χ3v) is 2.79. The number of nitrogens with two attached hydrogens (primary N) is 1. The molecular weight excluding hydrogens is 204 g/mol. The molecule has 0 radical (unpaired) electrons. The van der Waals surface area contributed by atoms with Crippen LogP contribution in [0, 0.1) is 0 Å². The second kappa shape index (κ2) is 4.53. The van der Waals surface area contributed by atoms with Crippen LogP contribution in [0.4, 0.5) is 11.4 Å². The van der Waals surface area contributed by atoms with E-state index in [-0.39, 0.29) is 5.78 Å². The molecule has 1 heterocycles. The maximum atomic E-state index is 11.2. The molecule has 1 saturated heterocycles. The van der Waals surface area contributed by atoms with E-state index >= 15 is 0 Å². The van der Waals surface area contributed by atoms with Gasteiger partial charge in [-0.05, 0) is 25.1 Å². The van der Waals surface area contributed by atoms with Crippen molar-refractivity contribution in [3.05, 3.63) is 23.8 Å². The molecule has 4 nitrogen and oxygen atoms in total. The highest BCUT2D eigenvalue weighted by molar-refractivity contribution is 5.99. The van der Waals surface area contributed by atoms with Crippen LogP contribution < -0.4 is 10.6 Å². The van der Waals surface area contributed by atoms with Crippen LogP contribution in [-0.4, -0.2) is 32.1 Å². The number of carbonyl (C=O) groups is 1. The minimum atomic E-state index is 0.00558. The number of Topliss-reactive ketones (excluding diaryl/α,β-unsaturated/α-hetero) is 1. The summed E-state index contributed by atoms with van der Waals surface area (Å²) >= 11 is 0. The molecule has 1 fully saturated rings. The fraction of sp³-hybridized carbons (Fsp3) is 0.417. The molecule has 1 aromatic rings. The molecule has 0 saturated carbocycles. The molecule has 86 valence electrons. The lowest BCUT2D eigenvalue weighted by atomic mass is 10.1. The Hall–Kier alpha value is -1.55. The Labute approximate surface area is 95.0 Å². The van der Waals surface area contributed by atoms with Crippen molar-refractivity contribution in [1.82, 2.24) is 0 Å². The second-order valence-electron chi connectivity index (χ2n) is 3.93. The van der Waals surface area contributed by atoms with Crippen LogP contribution in [0.5, 0.6) is 0 Å². The Kier molecular flexibility index (Phi) is 3.10. The fourth-order valence-corrected chi connectivity index (χ4v) is 1.89. The van der Waals surface area contributed by atoms with Crippen LogP contribution in [0.3, 0.4) is 0 Å². The smallest absolute Gasteiger partial charge is 0.161 e. The van der Waals surface area contributed by atoms with Gasteiger partial charge in [0.05, 0.1) is 13.2 Å². The Morgan fingerprint density at radius 2 is 2.06 bits per heavy atom. The van der Waals surface area contributed by atoms with Crippen molar-refractivity contribution in [3.8, 4) is 0 Å². The summed E-state index contributed by atoms with van der Waals surface area (Å²) < 4.78 is 5.29. The first-order valence-electron chi connectivity index (χ1n) is 5.41. The molecule has 1 aliphatic rings. The third kappa shape index (κ3) is 2.17. The van der Waals surface area contributed by atoms with Gasteiger partial charge < -0.3 is 15.4 Å². The van der Waals surface area contributed by atoms with Gasteiger partial charge in [-0.15, -0.1) is 0 Å². The molecule has 0 unspecified atom stereocenters. The van der Waals surface area contributed by atoms with Crippen molar-refractivity contribution in [2.24, 2.45) is 0 Å². The number of rotatable bonds is 2. The van der Waals surface area contributed by atoms with Crippen LogP contribution >= 0.6 is 0 Å². The largest absolute Gasteiger partial charge is 0.398 e. The molecule has 0 aliphatic carbocycles. The van der Waals surface area contributed by atoms with Crippen molar-refractivity contribution in [1.29, 1.82) is 0 Å². The predicted octanol–water partition coefficient (Wildman–Crippen LogP) is 1.31. The van der Waals surface area contributed by atoms with Gasteiger partial charge in [0.1, 0.15) is 0 Å². The summed E-state index contributed by atoms with van der Waals surface area (Å²) in [5.74, 6) is 0.00558. The average Bonchev–Trinajstić information content (AvgIpc) is 2.29. The van der Waals surface area contributed by atoms with E-state index in [2.05, 4.69) is 4.90 Å². The number of nitrogens with zero attached hydrogens (tertiary/aromatic N) is 1. The van der Waals surface area contributed by atoms with Crippen molar-refractivity contribution in [2.45, 2.75) is 6.92 Å². The van der Waals surface area contributed by atoms with Gasteiger partial charge in [0.15, 0.2) is 5.78 Å². The molecule has 1 aliphatic heterocycles. The Bertz CT molecular complexity index is 398. The first-order valence-corrected chi connectivity index (χ1v) is 5.41. The highest BCUT2D eigenvalue weighted by atomic mass is 16.5. The van der Waals surface area contributed by atoms with Gasteiger partial charge in [-0.2, -0.15) is 0 Å². The lowest BCUT2D eigenvalue weighted by Crippen LogP contribution is -2.36. The van der Waals surface area contributed by atoms with E-state index in [1.807, 2.05) is 12.1 Å². The van der Waals surface area contributed by atoms with Gasteiger partial charge in [-0.1, -0.05) is 0 Å². The van der Waals surface area contributed by atoms with Gasteiger partial charge in [-0.25, -0.2) is 0 Å². The lowest BCUT2D eigenvalue weighted by Gasteiger charge is -2.29. The lowest BCUT2D eigenvalue weighted by molar-refractivity contribution is 0.101. The van der Waals surface area contributed by atoms with Crippen molar-refractivity contribution < 1.29 is 9.53 Å². The Morgan fingerprint density at radius 3 is 2.62 bits per heavy atom. The number of carbonyl (C=O) groups excluding carboxylic acids is 1. The van der Waals surface area contributed by atoms with Crippen LogP contribution in [0.2, 0.25) is 0 Å². The van der Waals surface area contributed by atoms with Gasteiger partial charge in [-0.3, -0.25) is 4.79 Å². The predicted molar refractivity (Wildman–Crippen MR) is 63.9 cm³/mol. The molecule has 4 heteroatoms. The van der Waals surface area contributed by atoms with E-state index in [1.54, 1.807) is 6.07 Å². The van der Waals surface area contributed by atoms with E-state index in [0.717, 1.165) is 32.0 Å². The van der Waals surface area contributed by atoms with Crippen molar-refractivity contribution in [3.63, 3.8) is 0 Å². The van der Waals surface area contributed by atoms with Gasteiger partial charge >= 0.3 is 0 Å². The maximum absolute atomic E-state index is 11.2. The first kappa shape index (κ1) is 11.0. The summed E-state index contributed by atoms with van der Waals surface area (Å²) in [4.78, 5) is 13.5. The minimum absolute atomic E-state index is 0.00558. The standard InChI is InChI=1S/C12H16N2O2/c1-9(15)11-3-2-10(8-12(11)13)14-4-6-16-7-5-14/h2-3,8H,4-7,13H2,1H3. The summed E-state index contributed by atoms with van der Waals surface area (Å²) in [6.07, 6.45) is 0. The highest BCUT2D eigenvalue weighted by Crippen LogP contribution is 2.22. The van der Waals surface area contributed by atoms with E-state index in [4.69, 9.17) is 10.5 Å². The van der Waals surface area contributed by atoms with E-state index in [1.165, 1.54) is 6.92 Å². The molecule has 0 bridgehead atoms. The van der Waals surface area contributed by atoms with Crippen LogP contribution in [0.25, 0.3) is 0 Å². The first-order chi connectivity index (χ1) is 7.68. The fourth-order valence-electron chi connectivity index (χ4n) is 1.89. The van der Waals surface area contributed by atoms with E-state index < -0.39 is 0 Å². The van der Waals surface area contributed by atoms with Crippen LogP contribution in [-0.2, 0) is 4.74 Å². The number of ether oxygens (including phenoxy) is 1. The number of anilines is 2. The molecule has 0 spiro atoms. The molecule has 2 N–H and O–H groups in total. The van der Waals surface area contributed by atoms with Crippen LogP contribution in [0.1, 0.15) is 17.3 Å². The normalized spacial score (nSPS) is 16.2. The number of nitrogen functional groups attached to an aromatic ring is 1. The molecule has 0 atom stereocenters. The Morgan fingerprint density at radius 1 is 1.38 bits per heavy atom. The van der Waals surface area contributed by atoms with Crippen LogP contribution in [0.15, 0.2) is 18.2 Å². The molecule has 1 aromatic carbocycles. The molecule has 0 aromatic heterocycles. The molecule has 2 rings (SSSR count). The van der Waals surface area contributed by atoms with Crippen molar-refractivity contribution in [2.75, 3.05) is 36.9 Å². The van der Waals surface area contributed by atoms with Crippen molar-refractivity contribution >= 4 is 17.2 Å². The molecular formula is C12H16N2O2. The third-order valence-electron chi connectivity index (χ3n) is 2.79. The van der Waals surface area contributed by atoms with E-state index in [0.29, 0.717) is 11.3 Å². The Balaban J connectivity index is 2.23. The summed E-state index contributed by atoms with van der Waals surface area (Å²) in [5.41, 5.74) is 8.06. The molecule has 0 amide bonds. The summed E-state index contributed by atoms with van der Waals surface area (Å²) in [6, 6.07) is 5.60. The zero-order valence-corrected chi connectivity index (χ0v) is 9.40. The number of benzene rings is 1. The zero-order valence-electron chi connectivity index (χ0n) is 9.40. The topological polar surface area (TPSA) is 55.6 Å². The molecule has 16 heavy (non-hydrogen) atoms. The average molecular weight is 220 g/mol.